The van der Waals surface area contributed by atoms with Gasteiger partial charge in [-0.25, -0.2) is 0 Å². The molecule has 0 saturated heterocycles. The van der Waals surface area contributed by atoms with E-state index >= 15 is 0 Å². The highest BCUT2D eigenvalue weighted by Crippen LogP contribution is 2.19. The lowest BCUT2D eigenvalue weighted by Crippen LogP contribution is -2.00. The van der Waals surface area contributed by atoms with Crippen molar-refractivity contribution >= 4 is 11.4 Å². The number of nitro benzene ring substituents is 1. The first-order valence-electron chi connectivity index (χ1n) is 6.39. The molecule has 2 rings (SSSR count). The number of hydrogen-bond donors (Lipinski definition) is 1. The van der Waals surface area contributed by atoms with Crippen LogP contribution in [0.4, 0.5) is 11.4 Å². The lowest BCUT2D eigenvalue weighted by Gasteiger charge is -2.09. The topological polar surface area (TPSA) is 64.4 Å². The predicted octanol–water partition coefficient (Wildman–Crippen LogP) is 3.61. The molecule has 2 aromatic rings. The Hall–Kier alpha value is -2.56. The van der Waals surface area contributed by atoms with Crippen molar-refractivity contribution in [1.29, 1.82) is 0 Å². The summed E-state index contributed by atoms with van der Waals surface area (Å²) in [5, 5.41) is 13.9. The molecule has 0 radical (unpaired) electrons. The van der Waals surface area contributed by atoms with Crippen molar-refractivity contribution in [2.75, 3.05) is 11.9 Å². The zero-order valence-electron chi connectivity index (χ0n) is 11.2. The summed E-state index contributed by atoms with van der Waals surface area (Å²) < 4.78 is 5.42. The van der Waals surface area contributed by atoms with Gasteiger partial charge in [-0.1, -0.05) is 18.2 Å². The first-order valence-corrected chi connectivity index (χ1v) is 6.39. The lowest BCUT2D eigenvalue weighted by atomic mass is 10.2. The van der Waals surface area contributed by atoms with Crippen LogP contribution in [0.5, 0.6) is 5.75 Å². The lowest BCUT2D eigenvalue weighted by molar-refractivity contribution is -0.384. The molecule has 104 valence electrons. The molecule has 0 atom stereocenters. The van der Waals surface area contributed by atoms with E-state index < -0.39 is 0 Å². The zero-order valence-corrected chi connectivity index (χ0v) is 11.2. The van der Waals surface area contributed by atoms with Crippen LogP contribution >= 0.6 is 0 Å². The quantitative estimate of drug-likeness (QED) is 0.644. The zero-order chi connectivity index (χ0) is 14.4. The van der Waals surface area contributed by atoms with Crippen LogP contribution in [0.2, 0.25) is 0 Å². The molecule has 0 heterocycles. The molecular formula is C15H16N2O3. The summed E-state index contributed by atoms with van der Waals surface area (Å²) in [7, 11) is 0. The Balaban J connectivity index is 2.03. The number of benzene rings is 2. The highest BCUT2D eigenvalue weighted by atomic mass is 16.6. The Bertz CT molecular complexity index is 599. The standard InChI is InChI=1S/C15H16N2O3/c1-2-20-15-8-4-6-13(10-15)16-11-12-5-3-7-14(9-12)17(18)19/h3-10,16H,2,11H2,1H3. The normalized spacial score (nSPS) is 10.1. The van der Waals surface area contributed by atoms with Crippen molar-refractivity contribution < 1.29 is 9.66 Å². The van der Waals surface area contributed by atoms with Gasteiger partial charge in [-0.3, -0.25) is 10.1 Å². The number of nitrogens with one attached hydrogen (secondary N) is 1. The maximum absolute atomic E-state index is 10.7. The monoisotopic (exact) mass is 272 g/mol. The van der Waals surface area contributed by atoms with E-state index in [9.17, 15) is 10.1 Å². The average Bonchev–Trinajstić information content (AvgIpc) is 2.46. The van der Waals surface area contributed by atoms with E-state index in [1.165, 1.54) is 6.07 Å². The van der Waals surface area contributed by atoms with E-state index in [4.69, 9.17) is 4.74 Å². The molecule has 1 N–H and O–H groups in total. The van der Waals surface area contributed by atoms with Crippen molar-refractivity contribution in [3.63, 3.8) is 0 Å². The summed E-state index contributed by atoms with van der Waals surface area (Å²) >= 11 is 0. The average molecular weight is 272 g/mol. The SMILES string of the molecule is CCOc1cccc(NCc2cccc([N+](=O)[O-])c2)c1. The summed E-state index contributed by atoms with van der Waals surface area (Å²) in [4.78, 5) is 10.3. The fraction of sp³-hybridized carbons (Fsp3) is 0.200. The summed E-state index contributed by atoms with van der Waals surface area (Å²) in [6, 6.07) is 14.2. The summed E-state index contributed by atoms with van der Waals surface area (Å²) in [6.07, 6.45) is 0. The fourth-order valence-corrected chi connectivity index (χ4v) is 1.85. The number of nitrogens with zero attached hydrogens (tertiary/aromatic N) is 1. The van der Waals surface area contributed by atoms with Crippen molar-refractivity contribution in [3.05, 3.63) is 64.2 Å². The maximum Gasteiger partial charge on any atom is 0.269 e. The van der Waals surface area contributed by atoms with Crippen molar-refractivity contribution in [1.82, 2.24) is 0 Å². The summed E-state index contributed by atoms with van der Waals surface area (Å²) in [5.74, 6) is 0.802. The van der Waals surface area contributed by atoms with Gasteiger partial charge in [0.15, 0.2) is 0 Å². The Morgan fingerprint density at radius 2 is 2.00 bits per heavy atom. The van der Waals surface area contributed by atoms with Crippen LogP contribution in [-0.4, -0.2) is 11.5 Å². The predicted molar refractivity (Wildman–Crippen MR) is 78.0 cm³/mol. The van der Waals surface area contributed by atoms with Crippen LogP contribution < -0.4 is 10.1 Å². The molecule has 0 saturated carbocycles. The highest BCUT2D eigenvalue weighted by Gasteiger charge is 2.05. The van der Waals surface area contributed by atoms with Crippen molar-refractivity contribution in [2.45, 2.75) is 13.5 Å². The molecule has 0 amide bonds. The second-order valence-corrected chi connectivity index (χ2v) is 4.24. The molecule has 20 heavy (non-hydrogen) atoms. The van der Waals surface area contributed by atoms with E-state index in [0.717, 1.165) is 17.0 Å². The maximum atomic E-state index is 10.7. The minimum Gasteiger partial charge on any atom is -0.494 e. The Morgan fingerprint density at radius 1 is 1.20 bits per heavy atom. The number of ether oxygens (including phenoxy) is 1. The van der Waals surface area contributed by atoms with Gasteiger partial charge in [0.2, 0.25) is 0 Å². The molecule has 0 aliphatic rings. The molecule has 0 aliphatic carbocycles. The summed E-state index contributed by atoms with van der Waals surface area (Å²) in [5.41, 5.74) is 1.89. The molecule has 0 aromatic heterocycles. The minimum absolute atomic E-state index is 0.104. The smallest absolute Gasteiger partial charge is 0.269 e. The number of anilines is 1. The van der Waals surface area contributed by atoms with E-state index in [1.807, 2.05) is 37.3 Å². The number of rotatable bonds is 6. The Labute approximate surface area is 117 Å². The molecule has 0 unspecified atom stereocenters. The summed E-state index contributed by atoms with van der Waals surface area (Å²) in [6.45, 7) is 3.08. The second-order valence-electron chi connectivity index (χ2n) is 4.24. The molecule has 0 fully saturated rings. The number of nitro groups is 1. The van der Waals surface area contributed by atoms with Gasteiger partial charge < -0.3 is 10.1 Å². The molecule has 5 nitrogen and oxygen atoms in total. The van der Waals surface area contributed by atoms with Crippen LogP contribution in [0.1, 0.15) is 12.5 Å². The Morgan fingerprint density at radius 3 is 2.75 bits per heavy atom. The van der Waals surface area contributed by atoms with Crippen LogP contribution in [0, 0.1) is 10.1 Å². The van der Waals surface area contributed by atoms with Gasteiger partial charge in [0.1, 0.15) is 5.75 Å². The second kappa shape index (κ2) is 6.56. The van der Waals surface area contributed by atoms with Crippen LogP contribution in [0.3, 0.4) is 0 Å². The van der Waals surface area contributed by atoms with Gasteiger partial charge in [-0.15, -0.1) is 0 Å². The van der Waals surface area contributed by atoms with E-state index in [1.54, 1.807) is 12.1 Å². The van der Waals surface area contributed by atoms with Gasteiger partial charge in [-0.2, -0.15) is 0 Å². The molecule has 5 heteroatoms. The van der Waals surface area contributed by atoms with Gasteiger partial charge >= 0.3 is 0 Å². The van der Waals surface area contributed by atoms with Crippen molar-refractivity contribution in [3.8, 4) is 5.75 Å². The first-order chi connectivity index (χ1) is 9.69. The first kappa shape index (κ1) is 13.9. The molecule has 0 spiro atoms. The number of hydrogen-bond acceptors (Lipinski definition) is 4. The van der Waals surface area contributed by atoms with E-state index in [0.29, 0.717) is 13.2 Å². The molecule has 0 bridgehead atoms. The number of non-ortho nitro benzene ring substituents is 1. The third-order valence-corrected chi connectivity index (χ3v) is 2.76. The minimum atomic E-state index is -0.390. The fourth-order valence-electron chi connectivity index (χ4n) is 1.85. The van der Waals surface area contributed by atoms with Gasteiger partial charge in [0.05, 0.1) is 11.5 Å². The van der Waals surface area contributed by atoms with Crippen LogP contribution in [-0.2, 0) is 6.54 Å². The Kier molecular flexibility index (Phi) is 4.55. The van der Waals surface area contributed by atoms with Gasteiger partial charge in [0.25, 0.3) is 5.69 Å². The van der Waals surface area contributed by atoms with Crippen LogP contribution in [0.25, 0.3) is 0 Å². The third-order valence-electron chi connectivity index (χ3n) is 2.76. The molecule has 2 aromatic carbocycles. The highest BCUT2D eigenvalue weighted by molar-refractivity contribution is 5.49. The molecule has 0 aliphatic heterocycles. The molecular weight excluding hydrogens is 256 g/mol. The largest absolute Gasteiger partial charge is 0.494 e. The third kappa shape index (κ3) is 3.71. The van der Waals surface area contributed by atoms with Gasteiger partial charge in [-0.05, 0) is 24.6 Å². The van der Waals surface area contributed by atoms with E-state index in [-0.39, 0.29) is 10.6 Å². The van der Waals surface area contributed by atoms with E-state index in [2.05, 4.69) is 5.32 Å². The van der Waals surface area contributed by atoms with Crippen LogP contribution in [0.15, 0.2) is 48.5 Å². The van der Waals surface area contributed by atoms with Crippen molar-refractivity contribution in [2.24, 2.45) is 0 Å². The van der Waals surface area contributed by atoms with Gasteiger partial charge in [0, 0.05) is 30.4 Å².